The Hall–Kier alpha value is -2.71. The molecule has 1 aromatic carbocycles. The van der Waals surface area contributed by atoms with E-state index in [1.54, 1.807) is 12.5 Å². The van der Waals surface area contributed by atoms with Crippen LogP contribution in [-0.2, 0) is 20.7 Å². The molecule has 0 radical (unpaired) electrons. The highest BCUT2D eigenvalue weighted by Crippen LogP contribution is 2.26. The lowest BCUT2D eigenvalue weighted by molar-refractivity contribution is -0.130. The topological polar surface area (TPSA) is 85.3 Å². The number of carbonyl (C=O) groups excluding carboxylic acids is 1. The molecule has 4 heterocycles. The Balaban J connectivity index is 1.24. The van der Waals surface area contributed by atoms with Crippen molar-refractivity contribution in [3.63, 3.8) is 0 Å². The maximum absolute atomic E-state index is 12.5. The minimum atomic E-state index is -0.0875. The van der Waals surface area contributed by atoms with Crippen LogP contribution in [0.25, 0.3) is 11.0 Å². The van der Waals surface area contributed by atoms with Gasteiger partial charge in [-0.1, -0.05) is 12.1 Å². The van der Waals surface area contributed by atoms with Crippen LogP contribution in [0.5, 0.6) is 0 Å². The number of benzene rings is 1. The molecular weight excluding hydrogens is 346 g/mol. The normalized spacial score (nSPS) is 23.5. The monoisotopic (exact) mass is 367 g/mol. The van der Waals surface area contributed by atoms with Crippen LogP contribution in [-0.4, -0.2) is 68.8 Å². The third-order valence-electron chi connectivity index (χ3n) is 5.34. The van der Waals surface area contributed by atoms with Crippen LogP contribution in [0.15, 0.2) is 43.1 Å². The minimum absolute atomic E-state index is 0.0664. The SMILES string of the molecule is O=C(Cc1cnc[nH]1)N1C[C@@H]2OCC(n3cnc4ccccc43)CO[C@H]2C1. The highest BCUT2D eigenvalue weighted by Gasteiger charge is 2.39. The van der Waals surface area contributed by atoms with Crippen LogP contribution in [0.4, 0.5) is 0 Å². The number of amides is 1. The summed E-state index contributed by atoms with van der Waals surface area (Å²) in [5.74, 6) is 0.0664. The number of nitrogens with zero attached hydrogens (tertiary/aromatic N) is 4. The Morgan fingerprint density at radius 2 is 1.96 bits per heavy atom. The molecular formula is C19H21N5O3. The molecule has 0 bridgehead atoms. The van der Waals surface area contributed by atoms with Crippen molar-refractivity contribution in [3.05, 3.63) is 48.8 Å². The Morgan fingerprint density at radius 1 is 1.19 bits per heavy atom. The lowest BCUT2D eigenvalue weighted by atomic mass is 10.2. The first-order chi connectivity index (χ1) is 13.3. The second-order valence-corrected chi connectivity index (χ2v) is 7.09. The summed E-state index contributed by atoms with van der Waals surface area (Å²) in [4.78, 5) is 25.7. The van der Waals surface area contributed by atoms with Crippen LogP contribution in [0.2, 0.25) is 0 Å². The molecule has 0 spiro atoms. The molecule has 2 aromatic heterocycles. The number of rotatable bonds is 3. The number of likely N-dealkylation sites (tertiary alicyclic amines) is 1. The van der Waals surface area contributed by atoms with Gasteiger partial charge in [-0.25, -0.2) is 9.97 Å². The third kappa shape index (κ3) is 3.11. The number of ether oxygens (including phenoxy) is 2. The van der Waals surface area contributed by atoms with Crippen molar-refractivity contribution in [3.8, 4) is 0 Å². The van der Waals surface area contributed by atoms with Gasteiger partial charge in [0, 0.05) is 25.0 Å². The van der Waals surface area contributed by atoms with Gasteiger partial charge in [0.15, 0.2) is 0 Å². The van der Waals surface area contributed by atoms with E-state index in [9.17, 15) is 4.79 Å². The number of imidazole rings is 2. The van der Waals surface area contributed by atoms with E-state index in [2.05, 4.69) is 25.6 Å². The van der Waals surface area contributed by atoms with Crippen molar-refractivity contribution in [2.75, 3.05) is 26.3 Å². The number of hydrogen-bond donors (Lipinski definition) is 1. The Labute approximate surface area is 156 Å². The standard InChI is InChI=1S/C19H21N5O3/c25-19(5-13-6-20-11-21-13)23-7-17-18(8-23)27-10-14(9-26-17)24-12-22-15-3-1-2-4-16(15)24/h1-4,6,11-12,14,17-18H,5,7-10H2,(H,20,21)/t17-,18-/m0/s1. The summed E-state index contributed by atoms with van der Waals surface area (Å²) in [6, 6.07) is 8.14. The molecule has 2 atom stereocenters. The van der Waals surface area contributed by atoms with E-state index in [1.165, 1.54) is 0 Å². The highest BCUT2D eigenvalue weighted by atomic mass is 16.6. The molecule has 1 N–H and O–H groups in total. The largest absolute Gasteiger partial charge is 0.371 e. The van der Waals surface area contributed by atoms with Gasteiger partial charge >= 0.3 is 0 Å². The van der Waals surface area contributed by atoms with E-state index >= 15 is 0 Å². The molecule has 2 aliphatic rings. The van der Waals surface area contributed by atoms with Crippen molar-refractivity contribution in [2.24, 2.45) is 0 Å². The van der Waals surface area contributed by atoms with Gasteiger partial charge in [0.25, 0.3) is 0 Å². The van der Waals surface area contributed by atoms with Gasteiger partial charge in [-0.3, -0.25) is 4.79 Å². The zero-order valence-corrected chi connectivity index (χ0v) is 14.8. The summed E-state index contributed by atoms with van der Waals surface area (Å²) in [5.41, 5.74) is 2.87. The van der Waals surface area contributed by atoms with Gasteiger partial charge in [0.2, 0.25) is 5.91 Å². The first kappa shape index (κ1) is 16.5. The summed E-state index contributed by atoms with van der Waals surface area (Å²) < 4.78 is 14.4. The first-order valence-corrected chi connectivity index (χ1v) is 9.18. The fourth-order valence-corrected chi connectivity index (χ4v) is 3.87. The van der Waals surface area contributed by atoms with Gasteiger partial charge in [-0.05, 0) is 12.1 Å². The maximum Gasteiger partial charge on any atom is 0.228 e. The predicted octanol–water partition coefficient (Wildman–Crippen LogP) is 1.17. The van der Waals surface area contributed by atoms with E-state index < -0.39 is 0 Å². The maximum atomic E-state index is 12.5. The first-order valence-electron chi connectivity index (χ1n) is 9.18. The fraction of sp³-hybridized carbons (Fsp3) is 0.421. The Kier molecular flexibility index (Phi) is 4.14. The van der Waals surface area contributed by atoms with E-state index in [1.807, 2.05) is 29.4 Å². The molecule has 5 rings (SSSR count). The van der Waals surface area contributed by atoms with Gasteiger partial charge in [-0.2, -0.15) is 0 Å². The van der Waals surface area contributed by atoms with Crippen molar-refractivity contribution >= 4 is 16.9 Å². The van der Waals surface area contributed by atoms with E-state index in [-0.39, 0.29) is 24.2 Å². The van der Waals surface area contributed by atoms with Gasteiger partial charge < -0.3 is 23.9 Å². The minimum Gasteiger partial charge on any atom is -0.371 e. The van der Waals surface area contributed by atoms with Crippen LogP contribution in [0.1, 0.15) is 11.7 Å². The predicted molar refractivity (Wildman–Crippen MR) is 97.1 cm³/mol. The van der Waals surface area contributed by atoms with Crippen LogP contribution in [0.3, 0.4) is 0 Å². The molecule has 27 heavy (non-hydrogen) atoms. The van der Waals surface area contributed by atoms with E-state index in [0.29, 0.717) is 32.7 Å². The lowest BCUT2D eigenvalue weighted by Gasteiger charge is -2.19. The second kappa shape index (κ2) is 6.79. The molecule has 8 heteroatoms. The highest BCUT2D eigenvalue weighted by molar-refractivity contribution is 5.78. The zero-order chi connectivity index (χ0) is 18.2. The molecule has 3 aromatic rings. The quantitative estimate of drug-likeness (QED) is 0.751. The van der Waals surface area contributed by atoms with E-state index in [4.69, 9.17) is 9.47 Å². The van der Waals surface area contributed by atoms with Crippen molar-refractivity contribution in [1.82, 2.24) is 24.4 Å². The van der Waals surface area contributed by atoms with Gasteiger partial charge in [0.1, 0.15) is 12.2 Å². The van der Waals surface area contributed by atoms with Gasteiger partial charge in [-0.15, -0.1) is 0 Å². The van der Waals surface area contributed by atoms with Crippen LogP contribution < -0.4 is 0 Å². The lowest BCUT2D eigenvalue weighted by Crippen LogP contribution is -2.32. The molecule has 0 aliphatic carbocycles. The van der Waals surface area contributed by atoms with E-state index in [0.717, 1.165) is 16.7 Å². The summed E-state index contributed by atoms with van der Waals surface area (Å²) in [6.45, 7) is 2.22. The van der Waals surface area contributed by atoms with Crippen LogP contribution >= 0.6 is 0 Å². The number of aromatic amines is 1. The Bertz CT molecular complexity index is 922. The number of H-pyrrole nitrogens is 1. The molecule has 2 fully saturated rings. The molecule has 1 amide bonds. The number of nitrogens with one attached hydrogen (secondary N) is 1. The molecule has 140 valence electrons. The smallest absolute Gasteiger partial charge is 0.228 e. The summed E-state index contributed by atoms with van der Waals surface area (Å²) in [6.07, 6.45) is 5.26. The number of carbonyl (C=O) groups is 1. The third-order valence-corrected chi connectivity index (χ3v) is 5.34. The average Bonchev–Trinajstić information content (AvgIpc) is 3.40. The van der Waals surface area contributed by atoms with Crippen molar-refractivity contribution in [1.29, 1.82) is 0 Å². The van der Waals surface area contributed by atoms with Gasteiger partial charge in [0.05, 0.1) is 49.4 Å². The Morgan fingerprint density at radius 3 is 2.70 bits per heavy atom. The number of para-hydroxylation sites is 2. The zero-order valence-electron chi connectivity index (χ0n) is 14.8. The molecule has 2 saturated heterocycles. The van der Waals surface area contributed by atoms with Crippen molar-refractivity contribution < 1.29 is 14.3 Å². The fourth-order valence-electron chi connectivity index (χ4n) is 3.87. The molecule has 0 saturated carbocycles. The van der Waals surface area contributed by atoms with Crippen LogP contribution in [0, 0.1) is 0 Å². The number of aromatic nitrogens is 4. The number of fused-ring (bicyclic) bond motifs is 2. The van der Waals surface area contributed by atoms with Crippen molar-refractivity contribution in [2.45, 2.75) is 24.7 Å². The summed E-state index contributed by atoms with van der Waals surface area (Å²) in [7, 11) is 0. The molecule has 2 aliphatic heterocycles. The summed E-state index contributed by atoms with van der Waals surface area (Å²) >= 11 is 0. The number of hydrogen-bond acceptors (Lipinski definition) is 5. The summed E-state index contributed by atoms with van der Waals surface area (Å²) in [5, 5.41) is 0. The molecule has 0 unspecified atom stereocenters. The molecule has 8 nitrogen and oxygen atoms in total. The second-order valence-electron chi connectivity index (χ2n) is 7.09. The average molecular weight is 367 g/mol.